The van der Waals surface area contributed by atoms with Crippen molar-refractivity contribution >= 4 is 0 Å². The van der Waals surface area contributed by atoms with Crippen molar-refractivity contribution in [2.45, 2.75) is 27.2 Å². The average molecular weight is 216 g/mol. The third-order valence-corrected chi connectivity index (χ3v) is 2.41. The van der Waals surface area contributed by atoms with Gasteiger partial charge < -0.3 is 0 Å². The fourth-order valence-corrected chi connectivity index (χ4v) is 1.43. The first-order chi connectivity index (χ1) is 7.27. The molecule has 0 saturated heterocycles. The minimum absolute atomic E-state index is 0. The molecule has 2 nitrogen and oxygen atoms in total. The maximum atomic E-state index is 4.43. The first-order valence-electron chi connectivity index (χ1n) is 5.13. The van der Waals surface area contributed by atoms with Crippen LogP contribution in [-0.4, -0.2) is 9.97 Å². The van der Waals surface area contributed by atoms with Crippen molar-refractivity contribution in [1.82, 2.24) is 9.97 Å². The molecule has 0 saturated carbocycles. The van der Waals surface area contributed by atoms with Crippen molar-refractivity contribution in [2.75, 3.05) is 0 Å². The van der Waals surface area contributed by atoms with E-state index < -0.39 is 0 Å². The SMILES string of the molecule is C.CC(C)c1ccc(-c2cccnc2)nc1.[HH]. The summed E-state index contributed by atoms with van der Waals surface area (Å²) in [5, 5.41) is 0. The van der Waals surface area contributed by atoms with Crippen molar-refractivity contribution in [3.63, 3.8) is 0 Å². The van der Waals surface area contributed by atoms with Gasteiger partial charge in [-0.3, -0.25) is 9.97 Å². The molecule has 2 aromatic heterocycles. The normalized spacial score (nSPS) is 9.94. The van der Waals surface area contributed by atoms with Gasteiger partial charge in [0.25, 0.3) is 0 Å². The van der Waals surface area contributed by atoms with Crippen LogP contribution in [0.5, 0.6) is 0 Å². The van der Waals surface area contributed by atoms with Crippen molar-refractivity contribution in [1.29, 1.82) is 0 Å². The van der Waals surface area contributed by atoms with E-state index in [4.69, 9.17) is 0 Å². The molecule has 0 radical (unpaired) electrons. The summed E-state index contributed by atoms with van der Waals surface area (Å²) in [6.07, 6.45) is 5.54. The smallest absolute Gasteiger partial charge is 0.0717 e. The van der Waals surface area contributed by atoms with Crippen LogP contribution in [0.1, 0.15) is 34.2 Å². The maximum Gasteiger partial charge on any atom is 0.0717 e. The monoisotopic (exact) mass is 216 g/mol. The van der Waals surface area contributed by atoms with Crippen molar-refractivity contribution in [2.24, 2.45) is 0 Å². The van der Waals surface area contributed by atoms with E-state index in [0.29, 0.717) is 5.92 Å². The third-order valence-electron chi connectivity index (χ3n) is 2.41. The predicted octanol–water partition coefficient (Wildman–Crippen LogP) is 4.15. The molecule has 2 aromatic rings. The van der Waals surface area contributed by atoms with Crippen molar-refractivity contribution in [3.05, 3.63) is 48.4 Å². The Kier molecular flexibility index (Phi) is 4.18. The Bertz CT molecular complexity index is 424. The molecular weight excluding hydrogens is 196 g/mol. The summed E-state index contributed by atoms with van der Waals surface area (Å²) in [6.45, 7) is 4.33. The molecule has 2 heterocycles. The molecule has 16 heavy (non-hydrogen) atoms. The maximum absolute atomic E-state index is 4.43. The molecule has 0 N–H and O–H groups in total. The van der Waals surface area contributed by atoms with Crippen LogP contribution < -0.4 is 0 Å². The summed E-state index contributed by atoms with van der Waals surface area (Å²) in [5.41, 5.74) is 3.31. The Morgan fingerprint density at radius 3 is 2.44 bits per heavy atom. The zero-order valence-corrected chi connectivity index (χ0v) is 9.01. The number of hydrogen-bond donors (Lipinski definition) is 0. The van der Waals surface area contributed by atoms with Crippen LogP contribution in [0.15, 0.2) is 42.9 Å². The van der Waals surface area contributed by atoms with Gasteiger partial charge in [0.05, 0.1) is 5.69 Å². The molecule has 2 heteroatoms. The molecule has 0 aliphatic carbocycles. The molecule has 0 aromatic carbocycles. The molecule has 0 aliphatic rings. The van der Waals surface area contributed by atoms with Gasteiger partial charge in [0.1, 0.15) is 0 Å². The first kappa shape index (κ1) is 12.4. The molecule has 0 fully saturated rings. The van der Waals surface area contributed by atoms with E-state index in [1.165, 1.54) is 5.56 Å². The standard InChI is InChI=1S/C13H14N2.CH4.H2/c1-10(2)11-5-6-13(15-9-11)12-4-3-7-14-8-12;;/h3-10H,1-2H3;1H4;1H. The van der Waals surface area contributed by atoms with Crippen LogP contribution in [0.3, 0.4) is 0 Å². The highest BCUT2D eigenvalue weighted by atomic mass is 14.7. The third kappa shape index (κ3) is 2.66. The van der Waals surface area contributed by atoms with Gasteiger partial charge in [-0.2, -0.15) is 0 Å². The van der Waals surface area contributed by atoms with E-state index >= 15 is 0 Å². The van der Waals surface area contributed by atoms with Crippen LogP contribution >= 0.6 is 0 Å². The number of aromatic nitrogens is 2. The molecule has 0 atom stereocenters. The number of nitrogens with zero attached hydrogens (tertiary/aromatic N) is 2. The van der Waals surface area contributed by atoms with Gasteiger partial charge in [0, 0.05) is 25.6 Å². The molecule has 0 unspecified atom stereocenters. The van der Waals surface area contributed by atoms with Gasteiger partial charge in [-0.05, 0) is 29.7 Å². The molecule has 0 spiro atoms. The van der Waals surface area contributed by atoms with Gasteiger partial charge in [-0.1, -0.05) is 27.3 Å². The fourth-order valence-electron chi connectivity index (χ4n) is 1.43. The molecule has 0 bridgehead atoms. The molecule has 0 aliphatic heterocycles. The van der Waals surface area contributed by atoms with Crippen LogP contribution in [-0.2, 0) is 0 Å². The Balaban J connectivity index is 0.00000128. The highest BCUT2D eigenvalue weighted by Crippen LogP contribution is 2.18. The van der Waals surface area contributed by atoms with Crippen LogP contribution in [0, 0.1) is 0 Å². The lowest BCUT2D eigenvalue weighted by Crippen LogP contribution is -1.90. The largest absolute Gasteiger partial charge is 0.264 e. The average Bonchev–Trinajstić information content (AvgIpc) is 2.30. The summed E-state index contributed by atoms with van der Waals surface area (Å²) < 4.78 is 0. The fraction of sp³-hybridized carbons (Fsp3) is 0.286. The molecule has 0 amide bonds. The van der Waals surface area contributed by atoms with Crippen LogP contribution in [0.4, 0.5) is 0 Å². The number of hydrogen-bond acceptors (Lipinski definition) is 2. The van der Waals surface area contributed by atoms with Crippen LogP contribution in [0.25, 0.3) is 11.3 Å². The van der Waals surface area contributed by atoms with Gasteiger partial charge in [-0.15, -0.1) is 0 Å². The Labute approximate surface area is 98.9 Å². The summed E-state index contributed by atoms with van der Waals surface area (Å²) >= 11 is 0. The quantitative estimate of drug-likeness (QED) is 0.753. The zero-order chi connectivity index (χ0) is 10.7. The summed E-state index contributed by atoms with van der Waals surface area (Å²) in [6, 6.07) is 8.12. The highest BCUT2D eigenvalue weighted by molar-refractivity contribution is 5.57. The van der Waals surface area contributed by atoms with Gasteiger partial charge in [-0.25, -0.2) is 0 Å². The Morgan fingerprint density at radius 2 is 1.94 bits per heavy atom. The summed E-state index contributed by atoms with van der Waals surface area (Å²) in [5.74, 6) is 0.528. The Hall–Kier alpha value is -1.70. The predicted molar refractivity (Wildman–Crippen MR) is 70.4 cm³/mol. The van der Waals surface area contributed by atoms with Gasteiger partial charge >= 0.3 is 0 Å². The van der Waals surface area contributed by atoms with E-state index in [-0.39, 0.29) is 8.85 Å². The lowest BCUT2D eigenvalue weighted by atomic mass is 10.0. The number of pyridine rings is 2. The summed E-state index contributed by atoms with van der Waals surface area (Å²) in [4.78, 5) is 8.51. The van der Waals surface area contributed by atoms with E-state index in [0.717, 1.165) is 11.3 Å². The lowest BCUT2D eigenvalue weighted by Gasteiger charge is -2.05. The zero-order valence-electron chi connectivity index (χ0n) is 9.01. The molecular formula is C14H20N2. The topological polar surface area (TPSA) is 25.8 Å². The Morgan fingerprint density at radius 1 is 1.12 bits per heavy atom. The highest BCUT2D eigenvalue weighted by Gasteiger charge is 2.01. The van der Waals surface area contributed by atoms with Crippen molar-refractivity contribution in [3.8, 4) is 11.3 Å². The first-order valence-corrected chi connectivity index (χ1v) is 5.13. The second kappa shape index (κ2) is 5.40. The second-order valence-electron chi connectivity index (χ2n) is 3.87. The van der Waals surface area contributed by atoms with Crippen molar-refractivity contribution < 1.29 is 1.43 Å². The lowest BCUT2D eigenvalue weighted by molar-refractivity contribution is 0.859. The van der Waals surface area contributed by atoms with Gasteiger partial charge in [0.2, 0.25) is 0 Å². The second-order valence-corrected chi connectivity index (χ2v) is 3.87. The minimum atomic E-state index is 0. The van der Waals surface area contributed by atoms with E-state index in [1.807, 2.05) is 30.6 Å². The van der Waals surface area contributed by atoms with E-state index in [9.17, 15) is 0 Å². The van der Waals surface area contributed by atoms with Gasteiger partial charge in [0.15, 0.2) is 0 Å². The minimum Gasteiger partial charge on any atom is -0.264 e. The molecule has 86 valence electrons. The van der Waals surface area contributed by atoms with E-state index in [1.54, 1.807) is 6.20 Å². The van der Waals surface area contributed by atoms with Crippen LogP contribution in [0.2, 0.25) is 0 Å². The number of rotatable bonds is 2. The molecule has 2 rings (SSSR count). The van der Waals surface area contributed by atoms with E-state index in [2.05, 4.69) is 29.9 Å². The summed E-state index contributed by atoms with van der Waals surface area (Å²) in [7, 11) is 0.